The molecule has 0 bridgehead atoms. The van der Waals surface area contributed by atoms with Crippen molar-refractivity contribution in [3.63, 3.8) is 0 Å². The number of hydrogen-bond acceptors (Lipinski definition) is 4. The number of halogens is 1. The van der Waals surface area contributed by atoms with E-state index in [0.717, 1.165) is 48.9 Å². The van der Waals surface area contributed by atoms with E-state index in [1.165, 1.54) is 6.07 Å². The lowest BCUT2D eigenvalue weighted by atomic mass is 10.1. The van der Waals surface area contributed by atoms with Gasteiger partial charge < -0.3 is 20.3 Å². The number of rotatable bonds is 3. The van der Waals surface area contributed by atoms with E-state index in [1.807, 2.05) is 17.8 Å². The molecule has 3 rings (SSSR count). The van der Waals surface area contributed by atoms with Gasteiger partial charge in [0.1, 0.15) is 5.82 Å². The van der Waals surface area contributed by atoms with Gasteiger partial charge in [0.2, 0.25) is 0 Å². The van der Waals surface area contributed by atoms with E-state index in [1.54, 1.807) is 6.07 Å². The lowest BCUT2D eigenvalue weighted by molar-refractivity contribution is 0.122. The molecule has 0 atom stereocenters. The number of benzene rings is 1. The fraction of sp³-hybridized carbons (Fsp3) is 0.562. The number of aliphatic imine (C=N–C) groups is 1. The van der Waals surface area contributed by atoms with Crippen LogP contribution in [-0.2, 0) is 11.3 Å². The van der Waals surface area contributed by atoms with E-state index in [0.29, 0.717) is 25.7 Å². The van der Waals surface area contributed by atoms with Gasteiger partial charge >= 0.3 is 0 Å². The lowest BCUT2D eigenvalue weighted by Gasteiger charge is -2.30. The molecule has 0 radical (unpaired) electrons. The number of nitrogens with two attached hydrogens (primary N) is 1. The van der Waals surface area contributed by atoms with E-state index >= 15 is 0 Å². The van der Waals surface area contributed by atoms with Gasteiger partial charge in [-0.2, -0.15) is 11.8 Å². The number of thioether (sulfide) groups is 1. The smallest absolute Gasteiger partial charge is 0.191 e. The Morgan fingerprint density at radius 1 is 1.22 bits per heavy atom. The molecule has 0 amide bonds. The monoisotopic (exact) mass is 338 g/mol. The Hall–Kier alpha value is -1.47. The van der Waals surface area contributed by atoms with Crippen molar-refractivity contribution >= 4 is 23.4 Å². The van der Waals surface area contributed by atoms with Crippen LogP contribution in [0.4, 0.5) is 10.1 Å². The minimum atomic E-state index is -0.236. The van der Waals surface area contributed by atoms with Crippen LogP contribution in [0.1, 0.15) is 5.56 Å². The SMILES string of the molecule is NC(=NCc1cc(F)ccc1N1CCOCC1)N1CCSCC1. The maximum atomic E-state index is 13.7. The highest BCUT2D eigenvalue weighted by atomic mass is 32.2. The van der Waals surface area contributed by atoms with Crippen molar-refractivity contribution in [2.45, 2.75) is 6.54 Å². The van der Waals surface area contributed by atoms with Crippen molar-refractivity contribution in [2.24, 2.45) is 10.7 Å². The highest BCUT2D eigenvalue weighted by Crippen LogP contribution is 2.23. The van der Waals surface area contributed by atoms with Gasteiger partial charge in [-0.05, 0) is 23.8 Å². The highest BCUT2D eigenvalue weighted by molar-refractivity contribution is 7.99. The standard InChI is InChI=1S/C16H23FN4OS/c17-14-1-2-15(20-3-7-22-8-4-20)13(11-14)12-19-16(18)21-5-9-23-10-6-21/h1-2,11H,3-10,12H2,(H2,18,19). The molecule has 126 valence electrons. The van der Waals surface area contributed by atoms with E-state index in [4.69, 9.17) is 10.5 Å². The van der Waals surface area contributed by atoms with Gasteiger partial charge in [-0.1, -0.05) is 0 Å². The van der Waals surface area contributed by atoms with Crippen LogP contribution in [0.3, 0.4) is 0 Å². The summed E-state index contributed by atoms with van der Waals surface area (Å²) in [5, 5.41) is 0. The summed E-state index contributed by atoms with van der Waals surface area (Å²) in [5.74, 6) is 2.48. The molecule has 0 saturated carbocycles. The van der Waals surface area contributed by atoms with Crippen LogP contribution in [0, 0.1) is 5.82 Å². The molecule has 0 unspecified atom stereocenters. The van der Waals surface area contributed by atoms with Crippen molar-refractivity contribution in [1.29, 1.82) is 0 Å². The molecule has 2 N–H and O–H groups in total. The Labute approximate surface area is 140 Å². The second-order valence-electron chi connectivity index (χ2n) is 5.65. The van der Waals surface area contributed by atoms with Gasteiger partial charge in [0, 0.05) is 43.4 Å². The van der Waals surface area contributed by atoms with Crippen LogP contribution in [0.5, 0.6) is 0 Å². The van der Waals surface area contributed by atoms with Gasteiger partial charge in [-0.25, -0.2) is 9.38 Å². The van der Waals surface area contributed by atoms with Crippen molar-refractivity contribution in [3.8, 4) is 0 Å². The number of anilines is 1. The summed E-state index contributed by atoms with van der Waals surface area (Å²) in [5.41, 5.74) is 8.01. The maximum Gasteiger partial charge on any atom is 0.191 e. The molecule has 2 aliphatic heterocycles. The predicted molar refractivity (Wildman–Crippen MR) is 93.7 cm³/mol. The van der Waals surface area contributed by atoms with Crippen molar-refractivity contribution in [3.05, 3.63) is 29.6 Å². The molecule has 0 spiro atoms. The lowest BCUT2D eigenvalue weighted by Crippen LogP contribution is -2.42. The molecule has 2 aliphatic rings. The zero-order chi connectivity index (χ0) is 16.1. The third-order valence-corrected chi connectivity index (χ3v) is 5.08. The first-order chi connectivity index (χ1) is 11.2. The summed E-state index contributed by atoms with van der Waals surface area (Å²) >= 11 is 1.93. The van der Waals surface area contributed by atoms with Crippen LogP contribution >= 0.6 is 11.8 Å². The summed E-state index contributed by atoms with van der Waals surface area (Å²) in [6.07, 6.45) is 0. The molecule has 7 heteroatoms. The van der Waals surface area contributed by atoms with Gasteiger partial charge in [0.15, 0.2) is 5.96 Å². The molecule has 1 aromatic rings. The Balaban J connectivity index is 1.74. The van der Waals surface area contributed by atoms with Crippen LogP contribution in [-0.4, -0.2) is 61.8 Å². The zero-order valence-electron chi connectivity index (χ0n) is 13.2. The van der Waals surface area contributed by atoms with E-state index in [9.17, 15) is 4.39 Å². The average Bonchev–Trinajstić information content (AvgIpc) is 2.61. The third kappa shape index (κ3) is 4.29. The first-order valence-corrected chi connectivity index (χ1v) is 9.13. The van der Waals surface area contributed by atoms with Gasteiger partial charge in [0.05, 0.1) is 19.8 Å². The topological polar surface area (TPSA) is 54.1 Å². The fourth-order valence-electron chi connectivity index (χ4n) is 2.85. The molecule has 23 heavy (non-hydrogen) atoms. The molecule has 1 aromatic carbocycles. The molecule has 2 fully saturated rings. The van der Waals surface area contributed by atoms with Crippen LogP contribution in [0.25, 0.3) is 0 Å². The summed E-state index contributed by atoms with van der Waals surface area (Å²) in [4.78, 5) is 8.83. The number of morpholine rings is 1. The molecule has 2 heterocycles. The Bertz CT molecular complexity index is 557. The number of hydrogen-bond donors (Lipinski definition) is 1. The van der Waals surface area contributed by atoms with Crippen molar-refractivity contribution in [1.82, 2.24) is 4.90 Å². The second kappa shape index (κ2) is 7.88. The molecule has 0 aromatic heterocycles. The van der Waals surface area contributed by atoms with Crippen molar-refractivity contribution < 1.29 is 9.13 Å². The average molecular weight is 338 g/mol. The molecule has 5 nitrogen and oxygen atoms in total. The number of nitrogens with zero attached hydrogens (tertiary/aromatic N) is 3. The fourth-order valence-corrected chi connectivity index (χ4v) is 3.76. The maximum absolute atomic E-state index is 13.7. The van der Waals surface area contributed by atoms with E-state index < -0.39 is 0 Å². The number of guanidine groups is 1. The normalized spacial score (nSPS) is 20.0. The molecular weight excluding hydrogens is 315 g/mol. The Morgan fingerprint density at radius 2 is 1.96 bits per heavy atom. The summed E-state index contributed by atoms with van der Waals surface area (Å²) < 4.78 is 19.0. The number of ether oxygens (including phenoxy) is 1. The second-order valence-corrected chi connectivity index (χ2v) is 6.87. The van der Waals surface area contributed by atoms with E-state index in [-0.39, 0.29) is 5.82 Å². The van der Waals surface area contributed by atoms with Gasteiger partial charge in [0.25, 0.3) is 0 Å². The van der Waals surface area contributed by atoms with Crippen LogP contribution in [0.15, 0.2) is 23.2 Å². The van der Waals surface area contributed by atoms with Crippen LogP contribution in [0.2, 0.25) is 0 Å². The Kier molecular flexibility index (Phi) is 5.61. The first kappa shape index (κ1) is 16.4. The molecule has 2 saturated heterocycles. The largest absolute Gasteiger partial charge is 0.378 e. The summed E-state index contributed by atoms with van der Waals surface area (Å²) in [6.45, 7) is 5.31. The minimum absolute atomic E-state index is 0.236. The minimum Gasteiger partial charge on any atom is -0.378 e. The molecular formula is C16H23FN4OS. The quantitative estimate of drug-likeness (QED) is 0.669. The summed E-state index contributed by atoms with van der Waals surface area (Å²) in [6, 6.07) is 4.90. The Morgan fingerprint density at radius 3 is 2.70 bits per heavy atom. The van der Waals surface area contributed by atoms with Crippen LogP contribution < -0.4 is 10.6 Å². The van der Waals surface area contributed by atoms with Gasteiger partial charge in [-0.15, -0.1) is 0 Å². The van der Waals surface area contributed by atoms with E-state index in [2.05, 4.69) is 14.8 Å². The zero-order valence-corrected chi connectivity index (χ0v) is 14.0. The predicted octanol–water partition coefficient (Wildman–Crippen LogP) is 1.53. The first-order valence-electron chi connectivity index (χ1n) is 7.98. The van der Waals surface area contributed by atoms with Gasteiger partial charge in [-0.3, -0.25) is 0 Å². The molecule has 0 aliphatic carbocycles. The summed E-state index contributed by atoms with van der Waals surface area (Å²) in [7, 11) is 0. The third-order valence-electron chi connectivity index (χ3n) is 4.14. The van der Waals surface area contributed by atoms with Crippen molar-refractivity contribution in [2.75, 3.05) is 55.8 Å². The highest BCUT2D eigenvalue weighted by Gasteiger charge is 2.16.